The fraction of sp³-hybridized carbons (Fsp3) is 0.933. The lowest BCUT2D eigenvalue weighted by atomic mass is 9.75. The Morgan fingerprint density at radius 1 is 1.42 bits per heavy atom. The van der Waals surface area contributed by atoms with Gasteiger partial charge in [0.25, 0.3) is 0 Å². The van der Waals surface area contributed by atoms with Gasteiger partial charge in [-0.2, -0.15) is 0 Å². The van der Waals surface area contributed by atoms with E-state index in [1.165, 1.54) is 25.7 Å². The molecule has 1 rings (SSSR count). The van der Waals surface area contributed by atoms with E-state index in [1.54, 1.807) is 4.90 Å². The predicted molar refractivity (Wildman–Crippen MR) is 80.0 cm³/mol. The Morgan fingerprint density at radius 2 is 2.11 bits per heavy atom. The third kappa shape index (κ3) is 4.18. The van der Waals surface area contributed by atoms with Crippen molar-refractivity contribution in [1.29, 1.82) is 0 Å². The number of hydrogen-bond donors (Lipinski definition) is 1. The Morgan fingerprint density at radius 3 is 2.58 bits per heavy atom. The summed E-state index contributed by atoms with van der Waals surface area (Å²) in [6.07, 6.45) is 5.52. The van der Waals surface area contributed by atoms with Crippen LogP contribution in [-0.2, 0) is 4.79 Å². The van der Waals surface area contributed by atoms with E-state index < -0.39 is 0 Å². The first-order valence-corrected chi connectivity index (χ1v) is 7.60. The number of rotatable bonds is 6. The highest BCUT2D eigenvalue weighted by atomic mass is 16.2. The molecule has 2 atom stereocenters. The smallest absolute Gasteiger partial charge is 0.223 e. The molecule has 1 aliphatic rings. The molecule has 0 radical (unpaired) electrons. The molecule has 2 N–H and O–H groups in total. The van der Waals surface area contributed by atoms with Gasteiger partial charge in [-0.05, 0) is 25.3 Å². The van der Waals surface area contributed by atoms with Crippen molar-refractivity contribution in [1.82, 2.24) is 9.80 Å². The van der Waals surface area contributed by atoms with Crippen LogP contribution < -0.4 is 5.73 Å². The van der Waals surface area contributed by atoms with Gasteiger partial charge in [-0.3, -0.25) is 9.69 Å². The van der Waals surface area contributed by atoms with E-state index in [1.807, 2.05) is 14.1 Å². The van der Waals surface area contributed by atoms with E-state index in [-0.39, 0.29) is 11.4 Å². The van der Waals surface area contributed by atoms with Gasteiger partial charge in [-0.15, -0.1) is 0 Å². The zero-order chi connectivity index (χ0) is 14.5. The number of nitrogens with zero attached hydrogens (tertiary/aromatic N) is 2. The number of carbonyl (C=O) groups excluding carboxylic acids is 1. The molecule has 0 aliphatic heterocycles. The maximum Gasteiger partial charge on any atom is 0.223 e. The van der Waals surface area contributed by atoms with Gasteiger partial charge in [-0.1, -0.05) is 26.7 Å². The monoisotopic (exact) mass is 269 g/mol. The first kappa shape index (κ1) is 16.4. The zero-order valence-electron chi connectivity index (χ0n) is 13.1. The van der Waals surface area contributed by atoms with Crippen molar-refractivity contribution in [2.75, 3.05) is 33.7 Å². The lowest BCUT2D eigenvalue weighted by Crippen LogP contribution is -2.56. The fourth-order valence-electron chi connectivity index (χ4n) is 3.42. The highest BCUT2D eigenvalue weighted by Gasteiger charge is 2.38. The van der Waals surface area contributed by atoms with E-state index in [4.69, 9.17) is 5.73 Å². The summed E-state index contributed by atoms with van der Waals surface area (Å²) in [5, 5.41) is 0. The van der Waals surface area contributed by atoms with Gasteiger partial charge in [0.15, 0.2) is 0 Å². The van der Waals surface area contributed by atoms with Crippen LogP contribution in [-0.4, -0.2) is 55.0 Å². The Hall–Kier alpha value is -0.610. The predicted octanol–water partition coefficient (Wildman–Crippen LogP) is 1.69. The average Bonchev–Trinajstić information content (AvgIpc) is 2.38. The average molecular weight is 269 g/mol. The van der Waals surface area contributed by atoms with E-state index in [9.17, 15) is 4.79 Å². The van der Waals surface area contributed by atoms with E-state index in [2.05, 4.69) is 18.7 Å². The largest absolute Gasteiger partial charge is 0.349 e. The Kier molecular flexibility index (Phi) is 6.27. The summed E-state index contributed by atoms with van der Waals surface area (Å²) in [6.45, 7) is 7.02. The molecule has 0 spiro atoms. The highest BCUT2D eigenvalue weighted by molar-refractivity contribution is 5.75. The molecule has 1 aliphatic carbocycles. The van der Waals surface area contributed by atoms with Crippen LogP contribution in [0.1, 0.15) is 46.0 Å². The number of likely N-dealkylation sites (N-methyl/N-ethyl adjacent to an activating group) is 1. The number of carbonyl (C=O) groups is 1. The molecule has 112 valence electrons. The molecule has 0 aromatic heterocycles. The SMILES string of the molecule is CCN(CCC(=O)N(C)C)C1(CN)CCCC(C)C1. The van der Waals surface area contributed by atoms with Crippen LogP contribution in [0, 0.1) is 5.92 Å². The van der Waals surface area contributed by atoms with Crippen molar-refractivity contribution in [2.24, 2.45) is 11.7 Å². The molecule has 4 nitrogen and oxygen atoms in total. The van der Waals surface area contributed by atoms with Crippen LogP contribution in [0.25, 0.3) is 0 Å². The molecule has 0 bridgehead atoms. The maximum atomic E-state index is 11.8. The highest BCUT2D eigenvalue weighted by Crippen LogP contribution is 2.36. The summed E-state index contributed by atoms with van der Waals surface area (Å²) < 4.78 is 0. The fourth-order valence-corrected chi connectivity index (χ4v) is 3.42. The van der Waals surface area contributed by atoms with Crippen molar-refractivity contribution in [3.8, 4) is 0 Å². The van der Waals surface area contributed by atoms with Gasteiger partial charge in [0.05, 0.1) is 0 Å². The standard InChI is InChI=1S/C15H31N3O/c1-5-18(10-8-14(19)17(3)4)15(12-16)9-6-7-13(2)11-15/h13H,5-12,16H2,1-4H3. The normalized spacial score (nSPS) is 27.6. The Bertz CT molecular complexity index is 293. The Balaban J connectivity index is 2.67. The second-order valence-corrected chi connectivity index (χ2v) is 6.25. The first-order valence-electron chi connectivity index (χ1n) is 7.60. The third-order valence-electron chi connectivity index (χ3n) is 4.59. The number of hydrogen-bond acceptors (Lipinski definition) is 3. The van der Waals surface area contributed by atoms with Crippen molar-refractivity contribution in [2.45, 2.75) is 51.5 Å². The zero-order valence-corrected chi connectivity index (χ0v) is 13.1. The van der Waals surface area contributed by atoms with Gasteiger partial charge in [0, 0.05) is 39.1 Å². The van der Waals surface area contributed by atoms with Crippen LogP contribution in [0.3, 0.4) is 0 Å². The van der Waals surface area contributed by atoms with Gasteiger partial charge in [-0.25, -0.2) is 0 Å². The maximum absolute atomic E-state index is 11.8. The number of nitrogens with two attached hydrogens (primary N) is 1. The van der Waals surface area contributed by atoms with Crippen LogP contribution in [0.2, 0.25) is 0 Å². The lowest BCUT2D eigenvalue weighted by molar-refractivity contribution is -0.129. The molecule has 4 heteroatoms. The van der Waals surface area contributed by atoms with Gasteiger partial charge in [0.2, 0.25) is 5.91 Å². The molecule has 1 amide bonds. The van der Waals surface area contributed by atoms with Crippen molar-refractivity contribution >= 4 is 5.91 Å². The van der Waals surface area contributed by atoms with Gasteiger partial charge < -0.3 is 10.6 Å². The molecule has 19 heavy (non-hydrogen) atoms. The second kappa shape index (κ2) is 7.25. The molecule has 1 saturated carbocycles. The van der Waals surface area contributed by atoms with E-state index in [0.29, 0.717) is 13.0 Å². The molecule has 1 fully saturated rings. The summed E-state index contributed by atoms with van der Waals surface area (Å²) in [7, 11) is 3.64. The van der Waals surface area contributed by atoms with Crippen LogP contribution in [0.4, 0.5) is 0 Å². The van der Waals surface area contributed by atoms with Crippen molar-refractivity contribution in [3.63, 3.8) is 0 Å². The second-order valence-electron chi connectivity index (χ2n) is 6.25. The molecule has 2 unspecified atom stereocenters. The molecule has 0 heterocycles. The minimum atomic E-state index is 0.124. The summed E-state index contributed by atoms with van der Waals surface area (Å²) in [4.78, 5) is 15.9. The van der Waals surface area contributed by atoms with Crippen molar-refractivity contribution in [3.05, 3.63) is 0 Å². The molecule has 0 saturated heterocycles. The minimum absolute atomic E-state index is 0.124. The van der Waals surface area contributed by atoms with Crippen LogP contribution in [0.15, 0.2) is 0 Å². The molecule has 0 aromatic rings. The summed E-state index contributed by atoms with van der Waals surface area (Å²) in [6, 6.07) is 0. The molecular formula is C15H31N3O. The summed E-state index contributed by atoms with van der Waals surface area (Å²) in [5.74, 6) is 0.949. The third-order valence-corrected chi connectivity index (χ3v) is 4.59. The van der Waals surface area contributed by atoms with Crippen LogP contribution in [0.5, 0.6) is 0 Å². The quantitative estimate of drug-likeness (QED) is 0.798. The molecule has 0 aromatic carbocycles. The topological polar surface area (TPSA) is 49.6 Å². The summed E-state index contributed by atoms with van der Waals surface area (Å²) >= 11 is 0. The Labute approximate surface area is 118 Å². The first-order chi connectivity index (χ1) is 8.95. The summed E-state index contributed by atoms with van der Waals surface area (Å²) in [5.41, 5.74) is 6.23. The minimum Gasteiger partial charge on any atom is -0.349 e. The van der Waals surface area contributed by atoms with Crippen LogP contribution >= 0.6 is 0 Å². The van der Waals surface area contributed by atoms with Gasteiger partial charge >= 0.3 is 0 Å². The van der Waals surface area contributed by atoms with E-state index >= 15 is 0 Å². The van der Waals surface area contributed by atoms with Crippen molar-refractivity contribution < 1.29 is 4.79 Å². The lowest BCUT2D eigenvalue weighted by Gasteiger charge is -2.47. The number of amides is 1. The van der Waals surface area contributed by atoms with Gasteiger partial charge in [0.1, 0.15) is 0 Å². The van der Waals surface area contributed by atoms with E-state index in [0.717, 1.165) is 19.0 Å². The molecular weight excluding hydrogens is 238 g/mol.